The van der Waals surface area contributed by atoms with Crippen molar-refractivity contribution in [2.45, 2.75) is 25.9 Å². The molecular weight excluding hydrogens is 124 g/mol. The van der Waals surface area contributed by atoms with Gasteiger partial charge in [-0.2, -0.15) is 0 Å². The lowest BCUT2D eigenvalue weighted by molar-refractivity contribution is 1.28. The summed E-state index contributed by atoms with van der Waals surface area (Å²) in [5.74, 6) is 0. The molecule has 0 aromatic rings. The van der Waals surface area contributed by atoms with Crippen LogP contribution in [-0.4, -0.2) is 50.4 Å². The zero-order valence-electron chi connectivity index (χ0n) is 7.33. The van der Waals surface area contributed by atoms with Crippen molar-refractivity contribution in [1.82, 2.24) is 0 Å². The molecule has 0 aliphatic rings. The summed E-state index contributed by atoms with van der Waals surface area (Å²) in [5.41, 5.74) is 0.558. The van der Waals surface area contributed by atoms with Gasteiger partial charge in [0.1, 0.15) is 7.28 Å². The molecule has 0 aliphatic carbocycles. The third kappa shape index (κ3) is 8.36. The molecule has 0 nitrogen and oxygen atoms in total. The maximum Gasteiger partial charge on any atom is 0.102 e. The summed E-state index contributed by atoms with van der Waals surface area (Å²) in [6.07, 6.45) is 1.12. The fraction of sp³-hybridized carbons (Fsp3) is 1.00. The molecule has 0 bridgehead atoms. The van der Waals surface area contributed by atoms with E-state index in [1.54, 1.807) is 0 Å². The molecule has 0 fully saturated rings. The Morgan fingerprint density at radius 1 is 1.36 bits per heavy atom. The van der Waals surface area contributed by atoms with E-state index in [0.29, 0.717) is 5.72 Å². The first-order valence-electron chi connectivity index (χ1n) is 4.03. The van der Waals surface area contributed by atoms with Gasteiger partial charge in [0, 0.05) is 58.8 Å². The van der Waals surface area contributed by atoms with Crippen molar-refractivity contribution in [2.24, 2.45) is 0 Å². The van der Waals surface area contributed by atoms with Crippen LogP contribution >= 0.6 is 0 Å². The van der Waals surface area contributed by atoms with Crippen molar-refractivity contribution >= 4 is 50.4 Å². The Labute approximate surface area is 93.2 Å². The Hall–Kier alpha value is 0.455. The monoisotopic (exact) mass is 156 g/mol. The zero-order valence-corrected chi connectivity index (χ0v) is 7.33. The molecule has 7 heteroatoms. The molecule has 0 spiro atoms. The quantitative estimate of drug-likeness (QED) is 0.388. The van der Waals surface area contributed by atoms with E-state index >= 15 is 0 Å². The third-order valence-electron chi connectivity index (χ3n) is 1.36. The summed E-state index contributed by atoms with van der Waals surface area (Å²) in [4.78, 5) is 0. The average molecular weight is 155 g/mol. The minimum atomic E-state index is 0. The van der Waals surface area contributed by atoms with Crippen LogP contribution in [0.4, 0.5) is 0 Å². The molecule has 0 rings (SSSR count). The minimum Gasteiger partial charge on any atom is -0.106 e. The van der Waals surface area contributed by atoms with Crippen LogP contribution in [-0.2, 0) is 0 Å². The van der Waals surface area contributed by atoms with Crippen molar-refractivity contribution in [1.29, 1.82) is 0 Å². The van der Waals surface area contributed by atoms with Crippen LogP contribution in [0.15, 0.2) is 0 Å². The van der Waals surface area contributed by atoms with E-state index in [1.807, 2.05) is 21.2 Å². The summed E-state index contributed by atoms with van der Waals surface area (Å²) in [6, 6.07) is 0. The van der Waals surface area contributed by atoms with Crippen LogP contribution in [0.1, 0.15) is 29.5 Å². The molecular formula is C4H31B7. The number of rotatable bonds is 7. The molecule has 8 radical (unpaired) electrons. The highest BCUT2D eigenvalue weighted by atomic mass is 13.6. The van der Waals surface area contributed by atoms with Crippen molar-refractivity contribution in [3.8, 4) is 0 Å². The van der Waals surface area contributed by atoms with Crippen molar-refractivity contribution < 1.29 is 15.7 Å². The Kier molecular flexibility index (Phi) is 8.90. The molecule has 1 unspecified atom stereocenters. The zero-order chi connectivity index (χ0) is 8.53. The minimum absolute atomic E-state index is 0. The van der Waals surface area contributed by atoms with E-state index in [0.717, 1.165) is 6.32 Å². The van der Waals surface area contributed by atoms with Gasteiger partial charge in [0.15, 0.2) is 0 Å². The van der Waals surface area contributed by atoms with Crippen molar-refractivity contribution in [2.75, 3.05) is 0 Å². The number of hydrogen-bond acceptors (Lipinski definition) is 0. The molecule has 0 aliphatic heterocycles. The third-order valence-corrected chi connectivity index (χ3v) is 1.36. The fourth-order valence-corrected chi connectivity index (χ4v) is 0.818. The lowest BCUT2D eigenvalue weighted by Gasteiger charge is -2.05. The molecule has 0 amide bonds. The first-order chi connectivity index (χ1) is 5.31. The smallest absolute Gasteiger partial charge is 0.102 e. The fourth-order valence-electron chi connectivity index (χ4n) is 0.818. The largest absolute Gasteiger partial charge is 0.106 e. The van der Waals surface area contributed by atoms with E-state index in [2.05, 4.69) is 28.3 Å². The summed E-state index contributed by atoms with van der Waals surface area (Å²) in [6.45, 7) is 4.31. The van der Waals surface area contributed by atoms with Crippen LogP contribution < -0.4 is 0 Å². The molecule has 0 saturated carbocycles. The van der Waals surface area contributed by atoms with Gasteiger partial charge < -0.3 is 0 Å². The van der Waals surface area contributed by atoms with Crippen LogP contribution in [0.3, 0.4) is 0 Å². The van der Waals surface area contributed by atoms with E-state index < -0.39 is 0 Å². The Balaban J connectivity index is -0.00000000909. The van der Waals surface area contributed by atoms with Gasteiger partial charge in [-0.15, -0.1) is 5.72 Å². The normalized spacial score (nSPS) is 11.1. The number of hydrogen-bond donors (Lipinski definition) is 0. The Morgan fingerprint density at radius 2 is 2.09 bits per heavy atom. The van der Waals surface area contributed by atoms with Gasteiger partial charge in [-0.05, 0) is 0 Å². The van der Waals surface area contributed by atoms with Gasteiger partial charge in [-0.3, -0.25) is 0 Å². The van der Waals surface area contributed by atoms with Crippen LogP contribution in [0.5, 0.6) is 0 Å². The molecule has 0 heterocycles. The van der Waals surface area contributed by atoms with E-state index in [1.165, 1.54) is 7.06 Å². The lowest BCUT2D eigenvalue weighted by atomic mass is 8.97. The van der Waals surface area contributed by atoms with Crippen molar-refractivity contribution in [3.63, 3.8) is 0 Å². The standard InChI is InChI=1S/C4H9B7.11H2/c1-3-6-4(2)7-9-11-10-8-5;;;;;;;;;;;/h4H,3H2,1-2H3;11*1H. The first kappa shape index (κ1) is 11.5. The molecule has 0 N–H and O–H groups in total. The SMILES string of the molecule is [B][B][B][B][B][B]C(C)[B]CC.[HH].[HH].[HH].[HH].[HH].[HH].[HH].[HH].[HH].[HH].[HH]. The topological polar surface area (TPSA) is 0 Å². The molecule has 68 valence electrons. The van der Waals surface area contributed by atoms with Gasteiger partial charge in [-0.25, -0.2) is 0 Å². The van der Waals surface area contributed by atoms with E-state index in [-0.39, 0.29) is 15.7 Å². The van der Waals surface area contributed by atoms with Crippen LogP contribution in [0.25, 0.3) is 0 Å². The maximum atomic E-state index is 5.15. The van der Waals surface area contributed by atoms with Gasteiger partial charge >= 0.3 is 0 Å². The predicted molar refractivity (Wildman–Crippen MR) is 83.4 cm³/mol. The highest BCUT2D eigenvalue weighted by Crippen LogP contribution is 1.98. The molecule has 0 aromatic heterocycles. The second kappa shape index (κ2) is 8.55. The second-order valence-corrected chi connectivity index (χ2v) is 2.47. The molecule has 11 heavy (non-hydrogen) atoms. The second-order valence-electron chi connectivity index (χ2n) is 2.47. The summed E-state index contributed by atoms with van der Waals surface area (Å²) in [7, 11) is 16.8. The average Bonchev–Trinajstić information content (AvgIpc) is 1.99. The molecule has 1 atom stereocenters. The Bertz CT molecular complexity index is 98.8. The highest BCUT2D eigenvalue weighted by molar-refractivity contribution is 7.58. The van der Waals surface area contributed by atoms with Crippen LogP contribution in [0.2, 0.25) is 12.0 Å². The summed E-state index contributed by atoms with van der Waals surface area (Å²) in [5, 5.41) is 0. The summed E-state index contributed by atoms with van der Waals surface area (Å²) >= 11 is 0. The molecule has 0 saturated heterocycles. The maximum absolute atomic E-state index is 5.15. The van der Waals surface area contributed by atoms with E-state index in [4.69, 9.17) is 7.74 Å². The highest BCUT2D eigenvalue weighted by Gasteiger charge is 2.02. The molecule has 0 aromatic carbocycles. The van der Waals surface area contributed by atoms with Gasteiger partial charge in [-0.1, -0.05) is 20.2 Å². The van der Waals surface area contributed by atoms with Crippen molar-refractivity contribution in [3.05, 3.63) is 0 Å². The lowest BCUT2D eigenvalue weighted by Crippen LogP contribution is -2.26. The Morgan fingerprint density at radius 3 is 2.64 bits per heavy atom. The predicted octanol–water partition coefficient (Wildman–Crippen LogP) is 1.87. The first-order valence-corrected chi connectivity index (χ1v) is 4.03. The van der Waals surface area contributed by atoms with Gasteiger partial charge in [0.05, 0.1) is 0 Å². The van der Waals surface area contributed by atoms with Gasteiger partial charge in [0.25, 0.3) is 0 Å². The van der Waals surface area contributed by atoms with E-state index in [9.17, 15) is 0 Å². The van der Waals surface area contributed by atoms with Crippen LogP contribution in [0, 0.1) is 0 Å². The summed E-state index contributed by atoms with van der Waals surface area (Å²) < 4.78 is 0. The van der Waals surface area contributed by atoms with Gasteiger partial charge in [0.2, 0.25) is 0 Å².